The molecule has 0 aliphatic carbocycles. The summed E-state index contributed by atoms with van der Waals surface area (Å²) in [6.45, 7) is 8.56. The van der Waals surface area contributed by atoms with Crippen LogP contribution in [-0.2, 0) is 9.47 Å². The number of carbonyl (C=O) groups is 2. The van der Waals surface area contributed by atoms with Gasteiger partial charge in [0.25, 0.3) is 11.8 Å². The second kappa shape index (κ2) is 19.5. The number of benzene rings is 3. The van der Waals surface area contributed by atoms with Gasteiger partial charge in [-0.15, -0.1) is 17.0 Å². The fourth-order valence-corrected chi connectivity index (χ4v) is 7.06. The van der Waals surface area contributed by atoms with Gasteiger partial charge in [-0.1, -0.05) is 15.9 Å². The largest absolute Gasteiger partial charge is 0.440 e. The third kappa shape index (κ3) is 10.3. The van der Waals surface area contributed by atoms with E-state index in [4.69, 9.17) is 18.3 Å². The van der Waals surface area contributed by atoms with Gasteiger partial charge in [0, 0.05) is 105 Å². The van der Waals surface area contributed by atoms with Crippen LogP contribution < -0.4 is 26.0 Å². The molecule has 0 radical (unpaired) electrons. The average Bonchev–Trinajstić information content (AvgIpc) is 3.21. The molecule has 5 aromatic rings. The minimum atomic E-state index is -0.977. The topological polar surface area (TPSA) is 138 Å². The lowest BCUT2D eigenvalue weighted by molar-refractivity contribution is 0.0820. The zero-order valence-electron chi connectivity index (χ0n) is 33.6. The van der Waals surface area contributed by atoms with E-state index in [-0.39, 0.29) is 49.9 Å². The lowest BCUT2D eigenvalue weighted by atomic mass is 10.00. The lowest BCUT2D eigenvalue weighted by Crippen LogP contribution is -2.36. The van der Waals surface area contributed by atoms with E-state index in [9.17, 15) is 28.0 Å². The molecule has 0 saturated carbocycles. The number of nitrogens with zero attached hydrogens (tertiary/aromatic N) is 4. The first-order chi connectivity index (χ1) is 27.6. The summed E-state index contributed by atoms with van der Waals surface area (Å²) in [6, 6.07) is 12.5. The number of hydrogen-bond donors (Lipinski definition) is 1. The number of amides is 2. The van der Waals surface area contributed by atoms with Crippen LogP contribution in [0.15, 0.2) is 73.0 Å². The maximum atomic E-state index is 13.7. The fraction of sp³-hybridized carbons (Fsp3) is 0.381. The predicted octanol–water partition coefficient (Wildman–Crippen LogP) is 7.15. The molecule has 4 heterocycles. The maximum absolute atomic E-state index is 13.7. The van der Waals surface area contributed by atoms with Crippen LogP contribution in [0.4, 0.5) is 26.2 Å². The second-order valence-corrected chi connectivity index (χ2v) is 15.9. The van der Waals surface area contributed by atoms with Gasteiger partial charge >= 0.3 is 0 Å². The molecular weight excluding hydrogens is 900 g/mol. The minimum Gasteiger partial charge on any atom is -0.440 e. The first-order valence-electron chi connectivity index (χ1n) is 18.8. The quantitative estimate of drug-likeness (QED) is 0.159. The van der Waals surface area contributed by atoms with Crippen LogP contribution in [0.5, 0.6) is 0 Å². The molecule has 2 amide bonds. The highest BCUT2D eigenvalue weighted by Gasteiger charge is 2.24. The molecule has 316 valence electrons. The van der Waals surface area contributed by atoms with E-state index in [1.165, 1.54) is 34.1 Å². The van der Waals surface area contributed by atoms with E-state index in [2.05, 4.69) is 21.2 Å². The van der Waals surface area contributed by atoms with E-state index >= 15 is 0 Å². The molecule has 2 unspecified atom stereocenters. The van der Waals surface area contributed by atoms with Crippen molar-refractivity contribution in [2.75, 3.05) is 95.9 Å². The Morgan fingerprint density at radius 3 is 1.54 bits per heavy atom. The van der Waals surface area contributed by atoms with Gasteiger partial charge in [-0.05, 0) is 50.2 Å². The number of alkyl halides is 1. The van der Waals surface area contributed by atoms with Crippen LogP contribution in [0.1, 0.15) is 56.6 Å². The molecule has 2 saturated heterocycles. The Kier molecular flexibility index (Phi) is 14.9. The molecule has 0 spiro atoms. The minimum absolute atomic E-state index is 0. The summed E-state index contributed by atoms with van der Waals surface area (Å²) < 4.78 is 50.1. The molecule has 13 nitrogen and oxygen atoms in total. The summed E-state index contributed by atoms with van der Waals surface area (Å²) in [5.41, 5.74) is 2.93. The molecule has 2 fully saturated rings. The van der Waals surface area contributed by atoms with Gasteiger partial charge in [0.05, 0.1) is 43.2 Å². The monoisotopic (exact) mass is 945 g/mol. The van der Waals surface area contributed by atoms with Crippen molar-refractivity contribution in [2.45, 2.75) is 24.7 Å². The third-order valence-electron chi connectivity index (χ3n) is 9.84. The van der Waals surface area contributed by atoms with Crippen molar-refractivity contribution in [1.29, 1.82) is 0 Å². The van der Waals surface area contributed by atoms with Gasteiger partial charge in [-0.2, -0.15) is 0 Å². The molecule has 2 aliphatic heterocycles. The number of fused-ring (bicyclic) bond motifs is 2. The van der Waals surface area contributed by atoms with Crippen LogP contribution >= 0.6 is 32.9 Å². The second-order valence-electron chi connectivity index (χ2n) is 14.5. The number of halogens is 4. The Balaban J connectivity index is 0.000000229. The first-order valence-corrected chi connectivity index (χ1v) is 19.7. The molecule has 0 bridgehead atoms. The van der Waals surface area contributed by atoms with Crippen molar-refractivity contribution in [2.24, 2.45) is 0 Å². The summed E-state index contributed by atoms with van der Waals surface area (Å²) in [5.74, 6) is -1.37. The van der Waals surface area contributed by atoms with Crippen LogP contribution in [0, 0.1) is 11.6 Å². The van der Waals surface area contributed by atoms with E-state index < -0.39 is 17.7 Å². The van der Waals surface area contributed by atoms with Crippen molar-refractivity contribution >= 4 is 84.1 Å². The zero-order chi connectivity index (χ0) is 41.8. The molecule has 7 rings (SSSR count). The first kappa shape index (κ1) is 45.2. The summed E-state index contributed by atoms with van der Waals surface area (Å²) in [7, 11) is 6.62. The smallest absolute Gasteiger partial charge is 0.253 e. The van der Waals surface area contributed by atoms with E-state index in [0.29, 0.717) is 103 Å². The average molecular weight is 948 g/mol. The van der Waals surface area contributed by atoms with Crippen LogP contribution in [0.2, 0.25) is 0 Å². The number of hydrogen-bond acceptors (Lipinski definition) is 11. The fourth-order valence-electron chi connectivity index (χ4n) is 6.72. The number of morpholine rings is 2. The van der Waals surface area contributed by atoms with Crippen LogP contribution in [0.3, 0.4) is 0 Å². The highest BCUT2D eigenvalue weighted by atomic mass is 79.9. The van der Waals surface area contributed by atoms with Crippen LogP contribution in [-0.4, -0.2) is 102 Å². The van der Waals surface area contributed by atoms with Gasteiger partial charge in [0.1, 0.15) is 11.2 Å². The summed E-state index contributed by atoms with van der Waals surface area (Å²) in [4.78, 5) is 57.6. The van der Waals surface area contributed by atoms with Gasteiger partial charge in [-0.3, -0.25) is 19.2 Å². The number of anilines is 3. The summed E-state index contributed by atoms with van der Waals surface area (Å²) >= 11 is 3.55. The normalized spacial score (nSPS) is 15.1. The molecule has 59 heavy (non-hydrogen) atoms. The Bertz CT molecular complexity index is 2450. The van der Waals surface area contributed by atoms with Gasteiger partial charge in [0.15, 0.2) is 34.3 Å². The Morgan fingerprint density at radius 1 is 0.678 bits per heavy atom. The molecule has 1 N–H and O–H groups in total. The lowest BCUT2D eigenvalue weighted by Gasteiger charge is -2.27. The van der Waals surface area contributed by atoms with Gasteiger partial charge in [-0.25, -0.2) is 8.78 Å². The van der Waals surface area contributed by atoms with Crippen LogP contribution in [0.25, 0.3) is 21.9 Å². The maximum Gasteiger partial charge on any atom is 0.253 e. The molecule has 3 aromatic carbocycles. The van der Waals surface area contributed by atoms with Gasteiger partial charge < -0.3 is 43.2 Å². The Hall–Kier alpha value is -4.84. The van der Waals surface area contributed by atoms with Crippen molar-refractivity contribution in [3.63, 3.8) is 0 Å². The summed E-state index contributed by atoms with van der Waals surface area (Å²) in [5, 5.41) is 3.80. The van der Waals surface area contributed by atoms with Gasteiger partial charge in [0.2, 0.25) is 0 Å². The van der Waals surface area contributed by atoms with Crippen molar-refractivity contribution in [1.82, 2.24) is 9.80 Å². The molecule has 2 aromatic heterocycles. The van der Waals surface area contributed by atoms with Crippen molar-refractivity contribution in [3.8, 4) is 0 Å². The number of nitrogens with one attached hydrogen (secondary N) is 1. The van der Waals surface area contributed by atoms with Crippen molar-refractivity contribution in [3.05, 3.63) is 109 Å². The molecule has 2 aliphatic rings. The van der Waals surface area contributed by atoms with Crippen molar-refractivity contribution < 1.29 is 36.7 Å². The number of carbonyl (C=O) groups excluding carboxylic acids is 2. The number of ether oxygens (including phenoxy) is 2. The zero-order valence-corrected chi connectivity index (χ0v) is 36.9. The molecule has 17 heteroatoms. The highest BCUT2D eigenvalue weighted by molar-refractivity contribution is 9.09. The van der Waals surface area contributed by atoms with E-state index in [1.807, 2.05) is 16.7 Å². The molecule has 2 atom stereocenters. The Morgan fingerprint density at radius 2 is 1.12 bits per heavy atom. The Labute approximate surface area is 358 Å². The molecular formula is C42H47Br2F2N5O8. The van der Waals surface area contributed by atoms with E-state index in [1.54, 1.807) is 53.3 Å². The standard InChI is InChI=1S/C24H25F2N3O4.C18H21BrN2O4.BrH/c1-14(27-16-4-5-19(25)20(26)12-16)17-10-15(24(31)28(2)3)11-18-21(30)13-22(33-23(17)18)29-6-8-32-9-7-29;1-11(19)13-8-12(18(23)20(2)3)9-14-15(22)10-16(25-17(13)14)21-4-6-24-7-5-21;/h4-5,10-14,27H,6-9H2,1-3H3;8-11H,4-7H2,1-3H3;1H. The predicted molar refractivity (Wildman–Crippen MR) is 233 cm³/mol. The van der Waals surface area contributed by atoms with E-state index in [0.717, 1.165) is 17.7 Å². The SMILES string of the molecule is Br.CC(Br)c1cc(C(=O)N(C)C)cc2c(=O)cc(N3CCOCC3)oc12.CC(Nc1ccc(F)c(F)c1)c1cc(C(=O)N(C)C)cc2c(=O)cc(N3CCOCC3)oc12. The number of rotatable bonds is 8. The summed E-state index contributed by atoms with van der Waals surface area (Å²) in [6.07, 6.45) is 0. The highest BCUT2D eigenvalue weighted by Crippen LogP contribution is 2.33. The third-order valence-corrected chi connectivity index (χ3v) is 10.3.